The highest BCUT2D eigenvalue weighted by atomic mass is 15.2. The largest absolute Gasteiger partial charge is 0.359 e. The molecule has 2 N–H and O–H groups in total. The van der Waals surface area contributed by atoms with Gasteiger partial charge in [-0.3, -0.25) is 0 Å². The molecule has 0 saturated carbocycles. The summed E-state index contributed by atoms with van der Waals surface area (Å²) in [5, 5.41) is 0. The Morgan fingerprint density at radius 1 is 1.54 bits per heavy atom. The molecule has 0 aliphatic heterocycles. The predicted octanol–water partition coefficient (Wildman–Crippen LogP) is 1.39. The van der Waals surface area contributed by atoms with Gasteiger partial charge in [-0.15, -0.1) is 0 Å². The minimum Gasteiger partial charge on any atom is -0.359 e. The topological polar surface area (TPSA) is 42.2 Å². The first-order chi connectivity index (χ1) is 6.29. The first-order valence-electron chi connectivity index (χ1n) is 4.64. The molecular formula is C10H17N3. The first kappa shape index (κ1) is 9.99. The van der Waals surface area contributed by atoms with Crippen LogP contribution in [0.3, 0.4) is 0 Å². The van der Waals surface area contributed by atoms with Crippen molar-refractivity contribution < 1.29 is 0 Å². The normalized spacial score (nSPS) is 10.1. The SMILES string of the molecule is CCCN(C)c1ncccc1CN. The fourth-order valence-electron chi connectivity index (χ4n) is 1.37. The van der Waals surface area contributed by atoms with Crippen molar-refractivity contribution in [3.05, 3.63) is 23.9 Å². The Morgan fingerprint density at radius 3 is 2.92 bits per heavy atom. The van der Waals surface area contributed by atoms with Gasteiger partial charge in [-0.25, -0.2) is 4.98 Å². The molecule has 1 rings (SSSR count). The number of hydrogen-bond donors (Lipinski definition) is 1. The molecule has 0 spiro atoms. The number of nitrogens with two attached hydrogens (primary N) is 1. The third-order valence-corrected chi connectivity index (χ3v) is 2.01. The highest BCUT2D eigenvalue weighted by molar-refractivity contribution is 5.45. The standard InChI is InChI=1S/C10H17N3/c1-3-7-13(2)10-9(8-11)5-4-6-12-10/h4-6H,3,7-8,11H2,1-2H3. The lowest BCUT2D eigenvalue weighted by atomic mass is 10.2. The van der Waals surface area contributed by atoms with Crippen LogP contribution in [0.5, 0.6) is 0 Å². The van der Waals surface area contributed by atoms with E-state index in [-0.39, 0.29) is 0 Å². The summed E-state index contributed by atoms with van der Waals surface area (Å²) >= 11 is 0. The van der Waals surface area contributed by atoms with Gasteiger partial charge in [0.2, 0.25) is 0 Å². The lowest BCUT2D eigenvalue weighted by molar-refractivity contribution is 0.827. The first-order valence-corrected chi connectivity index (χ1v) is 4.64. The summed E-state index contributed by atoms with van der Waals surface area (Å²) in [6.45, 7) is 3.72. The third-order valence-electron chi connectivity index (χ3n) is 2.01. The van der Waals surface area contributed by atoms with E-state index in [0.29, 0.717) is 6.54 Å². The average Bonchev–Trinajstić information content (AvgIpc) is 2.18. The van der Waals surface area contributed by atoms with Gasteiger partial charge in [0.1, 0.15) is 5.82 Å². The van der Waals surface area contributed by atoms with Gasteiger partial charge in [-0.1, -0.05) is 13.0 Å². The number of hydrogen-bond acceptors (Lipinski definition) is 3. The van der Waals surface area contributed by atoms with E-state index in [1.807, 2.05) is 19.2 Å². The summed E-state index contributed by atoms with van der Waals surface area (Å²) in [5.41, 5.74) is 6.73. The second-order valence-corrected chi connectivity index (χ2v) is 3.11. The fourth-order valence-corrected chi connectivity index (χ4v) is 1.37. The Bertz CT molecular complexity index is 260. The Kier molecular flexibility index (Phi) is 3.71. The molecule has 0 aliphatic carbocycles. The zero-order valence-corrected chi connectivity index (χ0v) is 8.33. The molecule has 0 aromatic carbocycles. The molecule has 3 nitrogen and oxygen atoms in total. The molecule has 1 heterocycles. The number of pyridine rings is 1. The van der Waals surface area contributed by atoms with E-state index >= 15 is 0 Å². The minimum absolute atomic E-state index is 0.553. The maximum Gasteiger partial charge on any atom is 0.132 e. The highest BCUT2D eigenvalue weighted by Gasteiger charge is 2.05. The van der Waals surface area contributed by atoms with Gasteiger partial charge < -0.3 is 10.6 Å². The number of rotatable bonds is 4. The van der Waals surface area contributed by atoms with Crippen LogP contribution in [-0.4, -0.2) is 18.6 Å². The highest BCUT2D eigenvalue weighted by Crippen LogP contribution is 2.14. The van der Waals surface area contributed by atoms with Gasteiger partial charge in [0.15, 0.2) is 0 Å². The van der Waals surface area contributed by atoms with Crippen LogP contribution < -0.4 is 10.6 Å². The molecule has 0 atom stereocenters. The van der Waals surface area contributed by atoms with Gasteiger partial charge in [0.05, 0.1) is 0 Å². The van der Waals surface area contributed by atoms with E-state index in [9.17, 15) is 0 Å². The summed E-state index contributed by atoms with van der Waals surface area (Å²) < 4.78 is 0. The van der Waals surface area contributed by atoms with Crippen molar-refractivity contribution in [3.8, 4) is 0 Å². The van der Waals surface area contributed by atoms with Crippen LogP contribution in [-0.2, 0) is 6.54 Å². The molecule has 1 aromatic heterocycles. The average molecular weight is 179 g/mol. The molecule has 72 valence electrons. The second kappa shape index (κ2) is 4.82. The molecule has 3 heteroatoms. The zero-order chi connectivity index (χ0) is 9.68. The van der Waals surface area contributed by atoms with E-state index in [1.54, 1.807) is 6.20 Å². The lowest BCUT2D eigenvalue weighted by Crippen LogP contribution is -2.21. The van der Waals surface area contributed by atoms with Gasteiger partial charge in [-0.2, -0.15) is 0 Å². The summed E-state index contributed by atoms with van der Waals surface area (Å²) in [7, 11) is 2.05. The van der Waals surface area contributed by atoms with E-state index in [4.69, 9.17) is 5.73 Å². The Hall–Kier alpha value is -1.09. The molecule has 0 aliphatic rings. The number of aromatic nitrogens is 1. The maximum absolute atomic E-state index is 5.62. The van der Waals surface area contributed by atoms with E-state index in [0.717, 1.165) is 24.3 Å². The summed E-state index contributed by atoms with van der Waals surface area (Å²) in [6, 6.07) is 3.94. The molecule has 0 unspecified atom stereocenters. The molecule has 0 amide bonds. The molecule has 0 saturated heterocycles. The van der Waals surface area contributed by atoms with Crippen molar-refractivity contribution in [1.82, 2.24) is 4.98 Å². The van der Waals surface area contributed by atoms with Gasteiger partial charge in [-0.05, 0) is 12.5 Å². The quantitative estimate of drug-likeness (QED) is 0.759. The van der Waals surface area contributed by atoms with Crippen LogP contribution in [0.2, 0.25) is 0 Å². The fraction of sp³-hybridized carbons (Fsp3) is 0.500. The van der Waals surface area contributed by atoms with E-state index in [1.165, 1.54) is 0 Å². The van der Waals surface area contributed by atoms with Crippen LogP contribution in [0.25, 0.3) is 0 Å². The van der Waals surface area contributed by atoms with Gasteiger partial charge in [0.25, 0.3) is 0 Å². The van der Waals surface area contributed by atoms with Crippen molar-refractivity contribution in [2.24, 2.45) is 5.73 Å². The van der Waals surface area contributed by atoms with Crippen molar-refractivity contribution in [3.63, 3.8) is 0 Å². The van der Waals surface area contributed by atoms with Gasteiger partial charge in [0, 0.05) is 31.9 Å². The monoisotopic (exact) mass is 179 g/mol. The summed E-state index contributed by atoms with van der Waals surface area (Å²) in [5.74, 6) is 1.01. The van der Waals surface area contributed by atoms with E-state index < -0.39 is 0 Å². The lowest BCUT2D eigenvalue weighted by Gasteiger charge is -2.19. The molecule has 0 bridgehead atoms. The van der Waals surface area contributed by atoms with Crippen molar-refractivity contribution >= 4 is 5.82 Å². The molecule has 1 aromatic rings. The van der Waals surface area contributed by atoms with Crippen LogP contribution in [0.4, 0.5) is 5.82 Å². The third kappa shape index (κ3) is 2.42. The van der Waals surface area contributed by atoms with Crippen molar-refractivity contribution in [2.75, 3.05) is 18.5 Å². The zero-order valence-electron chi connectivity index (χ0n) is 8.33. The van der Waals surface area contributed by atoms with E-state index in [2.05, 4.69) is 16.8 Å². The van der Waals surface area contributed by atoms with Crippen molar-refractivity contribution in [1.29, 1.82) is 0 Å². The van der Waals surface area contributed by atoms with Crippen LogP contribution in [0.15, 0.2) is 18.3 Å². The van der Waals surface area contributed by atoms with Crippen LogP contribution in [0, 0.1) is 0 Å². The molecule has 13 heavy (non-hydrogen) atoms. The predicted molar refractivity (Wildman–Crippen MR) is 55.7 cm³/mol. The van der Waals surface area contributed by atoms with Crippen LogP contribution >= 0.6 is 0 Å². The Morgan fingerprint density at radius 2 is 2.31 bits per heavy atom. The molecule has 0 radical (unpaired) electrons. The molecular weight excluding hydrogens is 162 g/mol. The Balaban J connectivity index is 2.85. The second-order valence-electron chi connectivity index (χ2n) is 3.11. The summed E-state index contributed by atoms with van der Waals surface area (Å²) in [4.78, 5) is 6.46. The molecule has 0 fully saturated rings. The minimum atomic E-state index is 0.553. The Labute approximate surface area is 79.6 Å². The number of nitrogens with zero attached hydrogens (tertiary/aromatic N) is 2. The van der Waals surface area contributed by atoms with Gasteiger partial charge >= 0.3 is 0 Å². The van der Waals surface area contributed by atoms with Crippen LogP contribution in [0.1, 0.15) is 18.9 Å². The number of anilines is 1. The van der Waals surface area contributed by atoms with Crippen molar-refractivity contribution in [2.45, 2.75) is 19.9 Å². The summed E-state index contributed by atoms with van der Waals surface area (Å²) in [6.07, 6.45) is 2.93. The maximum atomic E-state index is 5.62. The smallest absolute Gasteiger partial charge is 0.132 e.